The van der Waals surface area contributed by atoms with Gasteiger partial charge in [-0.1, -0.05) is 48.5 Å². The summed E-state index contributed by atoms with van der Waals surface area (Å²) in [6, 6.07) is 2.01. The van der Waals surface area contributed by atoms with Gasteiger partial charge in [-0.05, 0) is 18.3 Å². The van der Waals surface area contributed by atoms with E-state index in [1.54, 1.807) is 0 Å². The maximum atomic E-state index is 4.69. The highest BCUT2D eigenvalue weighted by molar-refractivity contribution is 5.48. The van der Waals surface area contributed by atoms with E-state index in [4.69, 9.17) is 0 Å². The van der Waals surface area contributed by atoms with Gasteiger partial charge in [0.1, 0.15) is 17.5 Å². The molecule has 0 spiro atoms. The molecule has 0 saturated heterocycles. The fourth-order valence-corrected chi connectivity index (χ4v) is 1.67. The maximum absolute atomic E-state index is 4.69. The van der Waals surface area contributed by atoms with Crippen LogP contribution in [0.4, 0.5) is 11.6 Å². The summed E-state index contributed by atoms with van der Waals surface area (Å²) in [5, 5.41) is 6.84. The van der Waals surface area contributed by atoms with E-state index in [2.05, 4.69) is 69.1 Å². The molecular weight excluding hydrogens is 260 g/mol. The summed E-state index contributed by atoms with van der Waals surface area (Å²) < 4.78 is 0. The second-order valence-corrected chi connectivity index (χ2v) is 7.51. The minimum atomic E-state index is -0.0550. The molecule has 4 heteroatoms. The van der Waals surface area contributed by atoms with E-state index < -0.39 is 0 Å². The molecule has 21 heavy (non-hydrogen) atoms. The van der Waals surface area contributed by atoms with Crippen LogP contribution >= 0.6 is 0 Å². The van der Waals surface area contributed by atoms with Crippen molar-refractivity contribution in [2.45, 2.75) is 66.7 Å². The van der Waals surface area contributed by atoms with Crippen LogP contribution in [0, 0.1) is 5.41 Å². The normalized spacial score (nSPS) is 12.3. The van der Waals surface area contributed by atoms with Gasteiger partial charge in [0.05, 0.1) is 0 Å². The first-order valence-corrected chi connectivity index (χ1v) is 8.05. The minimum Gasteiger partial charge on any atom is -0.370 e. The quantitative estimate of drug-likeness (QED) is 0.780. The third-order valence-corrected chi connectivity index (χ3v) is 3.66. The van der Waals surface area contributed by atoms with Crippen molar-refractivity contribution in [3.05, 3.63) is 11.9 Å². The predicted octanol–water partition coefficient (Wildman–Crippen LogP) is 4.44. The van der Waals surface area contributed by atoms with Crippen molar-refractivity contribution in [3.8, 4) is 0 Å². The average molecular weight is 292 g/mol. The van der Waals surface area contributed by atoms with Crippen LogP contribution in [0.1, 0.15) is 67.1 Å². The molecule has 0 saturated carbocycles. The largest absolute Gasteiger partial charge is 0.370 e. The lowest BCUT2D eigenvalue weighted by Gasteiger charge is -2.24. The molecular formula is C17H32N4. The van der Waals surface area contributed by atoms with Crippen LogP contribution in [0.3, 0.4) is 0 Å². The Morgan fingerprint density at radius 1 is 0.952 bits per heavy atom. The molecule has 120 valence electrons. The molecule has 0 bridgehead atoms. The van der Waals surface area contributed by atoms with Crippen molar-refractivity contribution in [1.29, 1.82) is 0 Å². The highest BCUT2D eigenvalue weighted by Crippen LogP contribution is 2.24. The molecule has 0 aromatic carbocycles. The molecule has 0 aliphatic carbocycles. The van der Waals surface area contributed by atoms with Gasteiger partial charge in [0.15, 0.2) is 0 Å². The van der Waals surface area contributed by atoms with Gasteiger partial charge in [0.2, 0.25) is 0 Å². The first kappa shape index (κ1) is 17.7. The second kappa shape index (κ2) is 7.10. The molecule has 4 nitrogen and oxygen atoms in total. The summed E-state index contributed by atoms with van der Waals surface area (Å²) >= 11 is 0. The topological polar surface area (TPSA) is 49.8 Å². The molecule has 1 rings (SSSR count). The summed E-state index contributed by atoms with van der Waals surface area (Å²) in [6.07, 6.45) is 2.22. The molecule has 0 aliphatic rings. The maximum Gasteiger partial charge on any atom is 0.138 e. The summed E-state index contributed by atoms with van der Waals surface area (Å²) in [4.78, 5) is 9.33. The zero-order chi connectivity index (χ0) is 16.1. The Hall–Kier alpha value is -1.32. The van der Waals surface area contributed by atoms with E-state index in [9.17, 15) is 0 Å². The lowest BCUT2D eigenvalue weighted by molar-refractivity contribution is 0.376. The van der Waals surface area contributed by atoms with E-state index in [1.807, 2.05) is 6.07 Å². The van der Waals surface area contributed by atoms with Gasteiger partial charge in [-0.15, -0.1) is 0 Å². The van der Waals surface area contributed by atoms with Crippen LogP contribution < -0.4 is 10.6 Å². The number of aromatic nitrogens is 2. The fraction of sp³-hybridized carbons (Fsp3) is 0.765. The smallest absolute Gasteiger partial charge is 0.138 e. The Kier molecular flexibility index (Phi) is 5.99. The van der Waals surface area contributed by atoms with E-state index in [0.717, 1.165) is 43.4 Å². The molecule has 1 aromatic heterocycles. The SMILES string of the molecule is CCCNc1cc(NCC(C)(C)CC)nc(C(C)(C)C)n1. The van der Waals surface area contributed by atoms with Crippen LogP contribution in [0.2, 0.25) is 0 Å². The second-order valence-electron chi connectivity index (χ2n) is 7.51. The molecule has 0 aliphatic heterocycles. The Labute approximate surface area is 130 Å². The lowest BCUT2D eigenvalue weighted by Crippen LogP contribution is -2.24. The first-order valence-electron chi connectivity index (χ1n) is 8.05. The highest BCUT2D eigenvalue weighted by atomic mass is 15.1. The Balaban J connectivity index is 2.96. The van der Waals surface area contributed by atoms with Crippen molar-refractivity contribution in [1.82, 2.24) is 9.97 Å². The van der Waals surface area contributed by atoms with E-state index in [-0.39, 0.29) is 10.8 Å². The monoisotopic (exact) mass is 292 g/mol. The average Bonchev–Trinajstić information content (AvgIpc) is 2.42. The molecule has 0 atom stereocenters. The van der Waals surface area contributed by atoms with Crippen LogP contribution in [0.25, 0.3) is 0 Å². The molecule has 0 radical (unpaired) electrons. The van der Waals surface area contributed by atoms with Crippen LogP contribution in [0.5, 0.6) is 0 Å². The van der Waals surface area contributed by atoms with Gasteiger partial charge in [-0.25, -0.2) is 9.97 Å². The van der Waals surface area contributed by atoms with Gasteiger partial charge < -0.3 is 10.6 Å². The van der Waals surface area contributed by atoms with Gasteiger partial charge >= 0.3 is 0 Å². The number of hydrogen-bond acceptors (Lipinski definition) is 4. The van der Waals surface area contributed by atoms with Crippen molar-refractivity contribution in [2.75, 3.05) is 23.7 Å². The molecule has 0 amide bonds. The van der Waals surface area contributed by atoms with Gasteiger partial charge in [0, 0.05) is 24.6 Å². The van der Waals surface area contributed by atoms with Gasteiger partial charge in [0.25, 0.3) is 0 Å². The van der Waals surface area contributed by atoms with Gasteiger partial charge in [-0.3, -0.25) is 0 Å². The Bertz CT molecular complexity index is 447. The summed E-state index contributed by atoms with van der Waals surface area (Å²) in [5.74, 6) is 2.70. The third-order valence-electron chi connectivity index (χ3n) is 3.66. The standard InChI is InChI=1S/C17H32N4/c1-8-10-18-13-11-14(19-12-17(6,7)9-2)21-15(20-13)16(3,4)5/h11H,8-10,12H2,1-7H3,(H2,18,19,20,21). The van der Waals surface area contributed by atoms with Crippen LogP contribution in [-0.2, 0) is 5.41 Å². The Morgan fingerprint density at radius 2 is 1.52 bits per heavy atom. The number of nitrogens with zero attached hydrogens (tertiary/aromatic N) is 2. The summed E-state index contributed by atoms with van der Waals surface area (Å²) in [6.45, 7) is 17.2. The minimum absolute atomic E-state index is 0.0550. The van der Waals surface area contributed by atoms with Crippen molar-refractivity contribution >= 4 is 11.6 Å². The van der Waals surface area contributed by atoms with Crippen molar-refractivity contribution < 1.29 is 0 Å². The summed E-state index contributed by atoms with van der Waals surface area (Å²) in [5.41, 5.74) is 0.213. The van der Waals surface area contributed by atoms with E-state index >= 15 is 0 Å². The zero-order valence-electron chi connectivity index (χ0n) is 14.8. The highest BCUT2D eigenvalue weighted by Gasteiger charge is 2.20. The third kappa shape index (κ3) is 5.90. The fourth-order valence-electron chi connectivity index (χ4n) is 1.67. The van der Waals surface area contributed by atoms with Crippen molar-refractivity contribution in [2.24, 2.45) is 5.41 Å². The first-order chi connectivity index (χ1) is 9.68. The number of anilines is 2. The molecule has 0 unspecified atom stereocenters. The Morgan fingerprint density at radius 3 is 2.00 bits per heavy atom. The van der Waals surface area contributed by atoms with Crippen molar-refractivity contribution in [3.63, 3.8) is 0 Å². The molecule has 2 N–H and O–H groups in total. The number of rotatable bonds is 7. The predicted molar refractivity (Wildman–Crippen MR) is 92.1 cm³/mol. The van der Waals surface area contributed by atoms with E-state index in [0.29, 0.717) is 0 Å². The lowest BCUT2D eigenvalue weighted by atomic mass is 9.90. The van der Waals surface area contributed by atoms with Gasteiger partial charge in [-0.2, -0.15) is 0 Å². The molecule has 0 fully saturated rings. The number of nitrogens with one attached hydrogen (secondary N) is 2. The molecule has 1 heterocycles. The number of hydrogen-bond donors (Lipinski definition) is 2. The van der Waals surface area contributed by atoms with E-state index in [1.165, 1.54) is 0 Å². The zero-order valence-corrected chi connectivity index (χ0v) is 14.8. The van der Waals surface area contributed by atoms with Crippen LogP contribution in [-0.4, -0.2) is 23.1 Å². The summed E-state index contributed by atoms with van der Waals surface area (Å²) in [7, 11) is 0. The molecule has 1 aromatic rings. The van der Waals surface area contributed by atoms with Crippen LogP contribution in [0.15, 0.2) is 6.07 Å².